The highest BCUT2D eigenvalue weighted by Gasteiger charge is 2.38. The van der Waals surface area contributed by atoms with Gasteiger partial charge in [-0.1, -0.05) is 36.3 Å². The zero-order valence-corrected chi connectivity index (χ0v) is 17.3. The van der Waals surface area contributed by atoms with Gasteiger partial charge in [0, 0.05) is 0 Å². The number of oxazole rings is 1. The van der Waals surface area contributed by atoms with Crippen molar-refractivity contribution in [2.75, 3.05) is 0 Å². The van der Waals surface area contributed by atoms with Gasteiger partial charge in [0.15, 0.2) is 5.65 Å². The Bertz CT molecular complexity index is 1470. The number of terminal acetylenes is 1. The van der Waals surface area contributed by atoms with Crippen molar-refractivity contribution in [3.05, 3.63) is 69.6 Å². The first kappa shape index (κ1) is 21.2. The van der Waals surface area contributed by atoms with Crippen LogP contribution in [0.1, 0.15) is 29.8 Å². The lowest BCUT2D eigenvalue weighted by atomic mass is 10.1. The van der Waals surface area contributed by atoms with E-state index in [1.165, 1.54) is 25.1 Å². The number of fused-ring (bicyclic) bond motifs is 1. The van der Waals surface area contributed by atoms with Crippen molar-refractivity contribution in [2.24, 2.45) is 0 Å². The average Bonchev–Trinajstić information content (AvgIpc) is 3.30. The molecule has 1 N–H and O–H groups in total. The minimum absolute atomic E-state index is 0.0417. The second kappa shape index (κ2) is 7.57. The number of alkyl halides is 3. The number of nitrogens with one attached hydrogen (secondary N) is 1. The van der Waals surface area contributed by atoms with E-state index in [9.17, 15) is 18.0 Å². The maximum absolute atomic E-state index is 13.8. The first-order valence-corrected chi connectivity index (χ1v) is 9.52. The minimum atomic E-state index is -4.73. The van der Waals surface area contributed by atoms with E-state index in [-0.39, 0.29) is 33.9 Å². The lowest BCUT2D eigenvalue weighted by molar-refractivity contribution is -0.140. The third-order valence-corrected chi connectivity index (χ3v) is 4.99. The first-order valence-electron chi connectivity index (χ1n) is 9.52. The van der Waals surface area contributed by atoms with Crippen molar-refractivity contribution in [3.8, 4) is 34.9 Å². The van der Waals surface area contributed by atoms with Crippen LogP contribution >= 0.6 is 0 Å². The highest BCUT2D eigenvalue weighted by atomic mass is 19.4. The fourth-order valence-corrected chi connectivity index (χ4v) is 3.57. The summed E-state index contributed by atoms with van der Waals surface area (Å²) in [6.45, 7) is 4.92. The number of nitrogens with zero attached hydrogens (tertiary/aromatic N) is 3. The van der Waals surface area contributed by atoms with E-state index >= 15 is 0 Å². The molecule has 9 heteroatoms. The molecule has 4 rings (SSSR count). The molecule has 0 aliphatic heterocycles. The fourth-order valence-electron chi connectivity index (χ4n) is 3.57. The van der Waals surface area contributed by atoms with E-state index < -0.39 is 17.4 Å². The molecule has 0 saturated carbocycles. The largest absolute Gasteiger partial charge is 0.441 e. The summed E-state index contributed by atoms with van der Waals surface area (Å²) in [5, 5.41) is 2.18. The molecule has 0 aliphatic carbocycles. The Hall–Kier alpha value is -4.06. The van der Waals surface area contributed by atoms with Crippen LogP contribution in [0.5, 0.6) is 0 Å². The molecule has 0 spiro atoms. The predicted molar refractivity (Wildman–Crippen MR) is 114 cm³/mol. The Kier molecular flexibility index (Phi) is 5.01. The van der Waals surface area contributed by atoms with Crippen LogP contribution in [-0.4, -0.2) is 19.6 Å². The lowest BCUT2D eigenvalue weighted by Gasteiger charge is -2.07. The molecule has 4 aromatic rings. The van der Waals surface area contributed by atoms with Gasteiger partial charge in [-0.15, -0.1) is 6.42 Å². The molecular formula is C23H17F3N4O2. The Morgan fingerprint density at radius 3 is 2.50 bits per heavy atom. The number of H-pyrrole nitrogens is 1. The molecule has 0 unspecified atom stereocenters. The first-order chi connectivity index (χ1) is 15.1. The Morgan fingerprint density at radius 1 is 1.19 bits per heavy atom. The van der Waals surface area contributed by atoms with Gasteiger partial charge in [0.2, 0.25) is 5.89 Å². The van der Waals surface area contributed by atoms with Crippen LogP contribution in [0.4, 0.5) is 13.2 Å². The molecule has 6 nitrogen and oxygen atoms in total. The standard InChI is InChI=1S/C23H17F3N4O2/c1-5-9-12(2)18-14(4)32-21(28-18)16-13(3)27-20-17(15-10-7-6-8-11-15)19(23(24,25)26)29-30(20)22(16)31/h1,6-11,29H,2-4H3/b12-9-. The van der Waals surface area contributed by atoms with Crippen LogP contribution < -0.4 is 5.56 Å². The van der Waals surface area contributed by atoms with Gasteiger partial charge in [-0.3, -0.25) is 9.89 Å². The monoisotopic (exact) mass is 438 g/mol. The molecule has 3 aromatic heterocycles. The van der Waals surface area contributed by atoms with Crippen LogP contribution in [0.3, 0.4) is 0 Å². The van der Waals surface area contributed by atoms with Gasteiger partial charge in [-0.2, -0.15) is 17.7 Å². The number of hydrogen-bond acceptors (Lipinski definition) is 4. The summed E-state index contributed by atoms with van der Waals surface area (Å²) in [6, 6.07) is 7.97. The van der Waals surface area contributed by atoms with E-state index in [1.807, 2.05) is 0 Å². The number of aromatic amines is 1. The number of aromatic nitrogens is 4. The fraction of sp³-hybridized carbons (Fsp3) is 0.174. The van der Waals surface area contributed by atoms with E-state index in [0.29, 0.717) is 17.0 Å². The zero-order valence-electron chi connectivity index (χ0n) is 17.3. The quantitative estimate of drug-likeness (QED) is 0.456. The summed E-state index contributed by atoms with van der Waals surface area (Å²) < 4.78 is 47.9. The van der Waals surface area contributed by atoms with E-state index in [2.05, 4.69) is 21.0 Å². The third kappa shape index (κ3) is 3.39. The SMILES string of the molecule is C#C/C=C(/C)c1nc(-c2c(C)nc3c(-c4ccccc4)c(C(F)(F)F)[nH]n3c2=O)oc1C. The van der Waals surface area contributed by atoms with Crippen molar-refractivity contribution >= 4 is 11.2 Å². The van der Waals surface area contributed by atoms with Crippen LogP contribution in [0.25, 0.3) is 33.8 Å². The number of rotatable bonds is 3. The Labute approximate surface area is 180 Å². The van der Waals surface area contributed by atoms with Gasteiger partial charge in [0.05, 0.1) is 11.3 Å². The summed E-state index contributed by atoms with van der Waals surface area (Å²) in [6.07, 6.45) is 2.07. The molecule has 0 bridgehead atoms. The molecule has 0 amide bonds. The molecular weight excluding hydrogens is 421 g/mol. The summed E-state index contributed by atoms with van der Waals surface area (Å²) >= 11 is 0. The van der Waals surface area contributed by atoms with Gasteiger partial charge in [-0.05, 0) is 38.0 Å². The second-order valence-electron chi connectivity index (χ2n) is 7.18. The predicted octanol–water partition coefficient (Wildman–Crippen LogP) is 5.02. The highest BCUT2D eigenvalue weighted by Crippen LogP contribution is 2.38. The van der Waals surface area contributed by atoms with Gasteiger partial charge in [-0.25, -0.2) is 9.97 Å². The molecule has 3 heterocycles. The number of aryl methyl sites for hydroxylation is 2. The Morgan fingerprint density at radius 2 is 1.88 bits per heavy atom. The average molecular weight is 438 g/mol. The molecule has 0 aliphatic rings. The maximum atomic E-state index is 13.8. The molecule has 0 fully saturated rings. The molecule has 0 saturated heterocycles. The van der Waals surface area contributed by atoms with Crippen molar-refractivity contribution in [1.82, 2.24) is 19.6 Å². The highest BCUT2D eigenvalue weighted by molar-refractivity contribution is 5.81. The lowest BCUT2D eigenvalue weighted by Crippen LogP contribution is -2.20. The van der Waals surface area contributed by atoms with Crippen molar-refractivity contribution in [1.29, 1.82) is 0 Å². The topological polar surface area (TPSA) is 76.2 Å². The number of allylic oxidation sites excluding steroid dienone is 2. The van der Waals surface area contributed by atoms with E-state index in [4.69, 9.17) is 10.8 Å². The molecule has 0 radical (unpaired) electrons. The van der Waals surface area contributed by atoms with Crippen molar-refractivity contribution in [2.45, 2.75) is 26.9 Å². The maximum Gasteiger partial charge on any atom is 0.433 e. The van der Waals surface area contributed by atoms with Crippen LogP contribution in [0.15, 0.2) is 45.6 Å². The molecule has 32 heavy (non-hydrogen) atoms. The smallest absolute Gasteiger partial charge is 0.433 e. The zero-order chi connectivity index (χ0) is 23.2. The number of benzene rings is 1. The van der Waals surface area contributed by atoms with E-state index in [1.54, 1.807) is 32.0 Å². The molecule has 0 atom stereocenters. The third-order valence-electron chi connectivity index (χ3n) is 4.99. The van der Waals surface area contributed by atoms with Crippen LogP contribution in [-0.2, 0) is 6.18 Å². The normalized spacial score (nSPS) is 12.3. The number of hydrogen-bond donors (Lipinski definition) is 1. The molecule has 162 valence electrons. The van der Waals surface area contributed by atoms with Crippen LogP contribution in [0, 0.1) is 26.2 Å². The summed E-state index contributed by atoms with van der Waals surface area (Å²) in [4.78, 5) is 21.9. The summed E-state index contributed by atoms with van der Waals surface area (Å²) in [7, 11) is 0. The summed E-state index contributed by atoms with van der Waals surface area (Å²) in [5.41, 5.74) is -0.642. The van der Waals surface area contributed by atoms with Gasteiger partial charge >= 0.3 is 6.18 Å². The van der Waals surface area contributed by atoms with Crippen molar-refractivity contribution in [3.63, 3.8) is 0 Å². The molecule has 1 aromatic carbocycles. The second-order valence-corrected chi connectivity index (χ2v) is 7.18. The van der Waals surface area contributed by atoms with Gasteiger partial charge in [0.25, 0.3) is 5.56 Å². The minimum Gasteiger partial charge on any atom is -0.441 e. The van der Waals surface area contributed by atoms with E-state index in [0.717, 1.165) is 4.52 Å². The Balaban J connectivity index is 2.02. The van der Waals surface area contributed by atoms with Gasteiger partial charge < -0.3 is 4.42 Å². The van der Waals surface area contributed by atoms with Crippen LogP contribution in [0.2, 0.25) is 0 Å². The number of halogens is 3. The van der Waals surface area contributed by atoms with Crippen molar-refractivity contribution < 1.29 is 17.6 Å². The van der Waals surface area contributed by atoms with Gasteiger partial charge in [0.1, 0.15) is 22.7 Å². The summed E-state index contributed by atoms with van der Waals surface area (Å²) in [5.74, 6) is 2.77.